The lowest BCUT2D eigenvalue weighted by molar-refractivity contribution is -0.140. The minimum absolute atomic E-state index is 0.0693. The Morgan fingerprint density at radius 2 is 0.672 bits per heavy atom. The van der Waals surface area contributed by atoms with Crippen LogP contribution in [0, 0.1) is 0 Å². The van der Waals surface area contributed by atoms with Crippen LogP contribution in [0.25, 0.3) is 0 Å². The number of nitrogens with zero attached hydrogens (tertiary/aromatic N) is 4. The molecule has 0 atom stereocenters. The molecule has 2 heterocycles. The van der Waals surface area contributed by atoms with Gasteiger partial charge >= 0.3 is 23.9 Å². The van der Waals surface area contributed by atoms with Crippen LogP contribution in [0.5, 0.6) is 0 Å². The molecule has 0 radical (unpaired) electrons. The third-order valence-corrected chi connectivity index (χ3v) is 8.87. The average Bonchev–Trinajstić information content (AvgIpc) is 3.22. The highest BCUT2D eigenvalue weighted by Crippen LogP contribution is 2.18. The van der Waals surface area contributed by atoms with E-state index in [-0.39, 0.29) is 58.3 Å². The molecule has 0 N–H and O–H groups in total. The topological polar surface area (TPSA) is 174 Å². The highest BCUT2D eigenvalue weighted by atomic mass is 16.6. The SMILES string of the molecule is COCCOCCOC(=O)/C=C/N(/C=C/C(=O)OCCOCCOCCOCCOC(=O)/C=C/N(/C=C/C(=O)OCCOC)C1CCN(C)CC1)C1CCN(C)CC1. The quantitative estimate of drug-likeness (QED) is 0.0424. The van der Waals surface area contributed by atoms with Crippen molar-refractivity contribution < 1.29 is 66.5 Å². The first-order chi connectivity index (χ1) is 28.2. The number of hydrogen-bond acceptors (Lipinski definition) is 18. The summed E-state index contributed by atoms with van der Waals surface area (Å²) < 4.78 is 52.3. The van der Waals surface area contributed by atoms with Crippen molar-refractivity contribution in [2.45, 2.75) is 37.8 Å². The molecule has 2 aliphatic rings. The molecule has 0 aliphatic carbocycles. The lowest BCUT2D eigenvalue weighted by atomic mass is 10.0. The van der Waals surface area contributed by atoms with Crippen LogP contribution in [0.1, 0.15) is 25.7 Å². The van der Waals surface area contributed by atoms with Crippen LogP contribution >= 0.6 is 0 Å². The highest BCUT2D eigenvalue weighted by molar-refractivity contribution is 5.83. The van der Waals surface area contributed by atoms with Gasteiger partial charge in [-0.3, -0.25) is 0 Å². The Hall–Kier alpha value is -3.88. The summed E-state index contributed by atoms with van der Waals surface area (Å²) in [4.78, 5) is 57.0. The van der Waals surface area contributed by atoms with Crippen molar-refractivity contribution >= 4 is 23.9 Å². The van der Waals surface area contributed by atoms with Crippen LogP contribution in [0.3, 0.4) is 0 Å². The van der Waals surface area contributed by atoms with Gasteiger partial charge in [-0.1, -0.05) is 0 Å². The smallest absolute Gasteiger partial charge is 0.332 e. The molecule has 2 fully saturated rings. The molecule has 330 valence electrons. The molecule has 0 unspecified atom stereocenters. The van der Waals surface area contributed by atoms with E-state index in [1.54, 1.807) is 31.9 Å². The lowest BCUT2D eigenvalue weighted by Crippen LogP contribution is -2.39. The molecule has 18 nitrogen and oxygen atoms in total. The fourth-order valence-electron chi connectivity index (χ4n) is 5.57. The van der Waals surface area contributed by atoms with Gasteiger partial charge in [0.25, 0.3) is 0 Å². The summed E-state index contributed by atoms with van der Waals surface area (Å²) >= 11 is 0. The number of carbonyl (C=O) groups excluding carboxylic acids is 4. The Morgan fingerprint density at radius 1 is 0.431 bits per heavy atom. The summed E-state index contributed by atoms with van der Waals surface area (Å²) in [6, 6.07) is 0.250. The molecular formula is C40H66N4O14. The second kappa shape index (κ2) is 33.0. The zero-order chi connectivity index (χ0) is 42.1. The number of rotatable bonds is 31. The van der Waals surface area contributed by atoms with Gasteiger partial charge in [-0.2, -0.15) is 0 Å². The Morgan fingerprint density at radius 3 is 0.966 bits per heavy atom. The van der Waals surface area contributed by atoms with Crippen molar-refractivity contribution in [3.05, 3.63) is 49.1 Å². The number of carbonyl (C=O) groups is 4. The maximum absolute atomic E-state index is 12.4. The van der Waals surface area contributed by atoms with Gasteiger partial charge < -0.3 is 67.0 Å². The standard InChI is InChI=1S/C40H66N4O14/c1-41-13-5-35(6-14-41)43(17-9-37(45)55-31-22-50-4)18-11-39(47)57-33-29-53-26-24-52-25-27-54-30-34-58-40(48)12-20-44(36-7-15-42(2)16-8-36)19-10-38(46)56-32-28-51-23-21-49-3/h9-12,17-20,35-36H,5-8,13-16,21-34H2,1-4H3/b17-9+,18-11+,19-10+,20-12+. The Labute approximate surface area is 343 Å². The average molecular weight is 827 g/mol. The first kappa shape index (κ1) is 50.3. The third kappa shape index (κ3) is 25.5. The molecule has 58 heavy (non-hydrogen) atoms. The van der Waals surface area contributed by atoms with Gasteiger partial charge in [0.1, 0.15) is 26.4 Å². The number of methoxy groups -OCH3 is 2. The van der Waals surface area contributed by atoms with Gasteiger partial charge in [-0.25, -0.2) is 19.2 Å². The van der Waals surface area contributed by atoms with Gasteiger partial charge in [0.05, 0.1) is 66.1 Å². The zero-order valence-electron chi connectivity index (χ0n) is 34.8. The minimum Gasteiger partial charge on any atom is -0.460 e. The maximum atomic E-state index is 12.4. The van der Waals surface area contributed by atoms with Crippen LogP contribution in [-0.2, 0) is 66.5 Å². The largest absolute Gasteiger partial charge is 0.460 e. The number of hydrogen-bond donors (Lipinski definition) is 0. The molecule has 0 bridgehead atoms. The normalized spacial score (nSPS) is 16.1. The van der Waals surface area contributed by atoms with Crippen LogP contribution in [0.2, 0.25) is 0 Å². The van der Waals surface area contributed by atoms with Crippen LogP contribution in [0.15, 0.2) is 49.1 Å². The van der Waals surface area contributed by atoms with E-state index in [1.165, 1.54) is 31.4 Å². The van der Waals surface area contributed by atoms with Crippen LogP contribution in [0.4, 0.5) is 0 Å². The van der Waals surface area contributed by atoms with Gasteiger partial charge in [-0.15, -0.1) is 0 Å². The van der Waals surface area contributed by atoms with Crippen molar-refractivity contribution in [3.63, 3.8) is 0 Å². The number of ether oxygens (including phenoxy) is 10. The van der Waals surface area contributed by atoms with E-state index >= 15 is 0 Å². The van der Waals surface area contributed by atoms with Crippen molar-refractivity contribution in [3.8, 4) is 0 Å². The maximum Gasteiger partial charge on any atom is 0.332 e. The number of esters is 4. The molecule has 0 spiro atoms. The first-order valence-corrected chi connectivity index (χ1v) is 19.8. The molecular weight excluding hydrogens is 760 g/mol. The molecule has 2 saturated heterocycles. The van der Waals surface area contributed by atoms with Crippen LogP contribution in [-0.4, -0.2) is 203 Å². The highest BCUT2D eigenvalue weighted by Gasteiger charge is 2.21. The Bertz CT molecular complexity index is 1250. The summed E-state index contributed by atoms with van der Waals surface area (Å²) in [6.07, 6.45) is 15.3. The fraction of sp³-hybridized carbons (Fsp3) is 0.700. The summed E-state index contributed by atoms with van der Waals surface area (Å²) in [5.41, 5.74) is 0. The molecule has 0 aromatic carbocycles. The second-order valence-electron chi connectivity index (χ2n) is 13.3. The van der Waals surface area contributed by atoms with E-state index in [9.17, 15) is 19.2 Å². The fourth-order valence-corrected chi connectivity index (χ4v) is 5.57. The predicted molar refractivity (Wildman–Crippen MR) is 212 cm³/mol. The molecule has 0 amide bonds. The summed E-state index contributed by atoms with van der Waals surface area (Å²) in [5, 5.41) is 0. The van der Waals surface area contributed by atoms with E-state index in [0.717, 1.165) is 51.9 Å². The lowest BCUT2D eigenvalue weighted by Gasteiger charge is -2.34. The molecule has 2 rings (SSSR count). The molecule has 2 aliphatic heterocycles. The van der Waals surface area contributed by atoms with Crippen molar-refractivity contribution in [2.75, 3.05) is 147 Å². The minimum atomic E-state index is -0.527. The summed E-state index contributed by atoms with van der Waals surface area (Å²) in [5.74, 6) is -2.04. The van der Waals surface area contributed by atoms with Gasteiger partial charge in [0.15, 0.2) is 0 Å². The van der Waals surface area contributed by atoms with E-state index in [0.29, 0.717) is 46.2 Å². The zero-order valence-corrected chi connectivity index (χ0v) is 34.8. The van der Waals surface area contributed by atoms with Crippen LogP contribution < -0.4 is 0 Å². The summed E-state index contributed by atoms with van der Waals surface area (Å²) in [7, 11) is 7.24. The Kier molecular flexibility index (Phi) is 28.6. The predicted octanol–water partition coefficient (Wildman–Crippen LogP) is 1.37. The van der Waals surface area contributed by atoms with Gasteiger partial charge in [-0.05, 0) is 66.0 Å². The molecule has 0 saturated carbocycles. The first-order valence-electron chi connectivity index (χ1n) is 19.8. The number of piperidine rings is 2. The van der Waals surface area contributed by atoms with Crippen molar-refractivity contribution in [1.82, 2.24) is 19.6 Å². The molecule has 0 aromatic rings. The second-order valence-corrected chi connectivity index (χ2v) is 13.3. The molecule has 0 aromatic heterocycles. The molecule has 18 heteroatoms. The van der Waals surface area contributed by atoms with Crippen molar-refractivity contribution in [2.24, 2.45) is 0 Å². The van der Waals surface area contributed by atoms with E-state index in [1.807, 2.05) is 9.80 Å². The Balaban J connectivity index is 1.56. The van der Waals surface area contributed by atoms with Gasteiger partial charge in [0, 0.05) is 75.4 Å². The van der Waals surface area contributed by atoms with E-state index < -0.39 is 23.9 Å². The monoisotopic (exact) mass is 826 g/mol. The van der Waals surface area contributed by atoms with Crippen molar-refractivity contribution in [1.29, 1.82) is 0 Å². The number of likely N-dealkylation sites (tertiary alicyclic amines) is 2. The van der Waals surface area contributed by atoms with E-state index in [2.05, 4.69) is 23.9 Å². The third-order valence-electron chi connectivity index (χ3n) is 8.87. The van der Waals surface area contributed by atoms with Gasteiger partial charge in [0.2, 0.25) is 0 Å². The van der Waals surface area contributed by atoms with E-state index in [4.69, 9.17) is 47.4 Å². The summed E-state index contributed by atoms with van der Waals surface area (Å²) in [6.45, 7) is 7.21.